The largest absolute Gasteiger partial charge is 0.481 e. The Morgan fingerprint density at radius 3 is 2.35 bits per heavy atom. The molecule has 1 heterocycles. The van der Waals surface area contributed by atoms with Crippen molar-refractivity contribution in [2.45, 2.75) is 18.3 Å². The molecule has 0 unspecified atom stereocenters. The maximum Gasteiger partial charge on any atom is 0.314 e. The third kappa shape index (κ3) is 2.18. The van der Waals surface area contributed by atoms with Crippen molar-refractivity contribution in [2.75, 3.05) is 20.1 Å². The molecule has 17 heavy (non-hydrogen) atoms. The van der Waals surface area contributed by atoms with Crippen molar-refractivity contribution in [1.29, 1.82) is 0 Å². The third-order valence-corrected chi connectivity index (χ3v) is 3.67. The summed E-state index contributed by atoms with van der Waals surface area (Å²) >= 11 is 0. The summed E-state index contributed by atoms with van der Waals surface area (Å²) in [6.07, 6.45) is 1.29. The molecule has 2 rings (SSSR count). The van der Waals surface area contributed by atoms with Crippen LogP contribution in [0.15, 0.2) is 30.3 Å². The minimum absolute atomic E-state index is 0.646. The van der Waals surface area contributed by atoms with E-state index in [1.54, 1.807) is 0 Å². The van der Waals surface area contributed by atoms with Crippen LogP contribution in [-0.2, 0) is 10.2 Å². The molecular formula is C13H18N2O2. The number of carbonyl (C=O) groups is 1. The number of piperidine rings is 1. The van der Waals surface area contributed by atoms with E-state index >= 15 is 0 Å². The van der Waals surface area contributed by atoms with Gasteiger partial charge >= 0.3 is 5.97 Å². The molecule has 1 aliphatic heterocycles. The van der Waals surface area contributed by atoms with E-state index in [-0.39, 0.29) is 0 Å². The van der Waals surface area contributed by atoms with Crippen LogP contribution >= 0.6 is 0 Å². The predicted octanol–water partition coefficient (Wildman–Crippen LogP) is 1.24. The van der Waals surface area contributed by atoms with Crippen LogP contribution in [0, 0.1) is 0 Å². The second-order valence-electron chi connectivity index (χ2n) is 4.46. The smallest absolute Gasteiger partial charge is 0.314 e. The van der Waals surface area contributed by atoms with Crippen molar-refractivity contribution in [1.82, 2.24) is 10.4 Å². The Morgan fingerprint density at radius 2 is 1.88 bits per heavy atom. The van der Waals surface area contributed by atoms with Crippen LogP contribution in [0.4, 0.5) is 0 Å². The minimum atomic E-state index is -0.714. The predicted molar refractivity (Wildman–Crippen MR) is 65.6 cm³/mol. The average Bonchev–Trinajstić information content (AvgIpc) is 2.39. The molecule has 1 fully saturated rings. The number of rotatable bonds is 3. The molecule has 0 aromatic heterocycles. The van der Waals surface area contributed by atoms with Crippen molar-refractivity contribution < 1.29 is 9.90 Å². The average molecular weight is 234 g/mol. The van der Waals surface area contributed by atoms with Crippen molar-refractivity contribution >= 4 is 5.97 Å². The SMILES string of the molecule is CNN1CCC(C(=O)O)(c2ccccc2)CC1. The van der Waals surface area contributed by atoms with Crippen LogP contribution in [0.1, 0.15) is 18.4 Å². The number of aliphatic carboxylic acids is 1. The van der Waals surface area contributed by atoms with E-state index in [9.17, 15) is 9.90 Å². The molecule has 4 heteroatoms. The highest BCUT2D eigenvalue weighted by Gasteiger charge is 2.42. The lowest BCUT2D eigenvalue weighted by atomic mass is 9.73. The molecule has 1 saturated heterocycles. The van der Waals surface area contributed by atoms with Crippen molar-refractivity contribution in [3.05, 3.63) is 35.9 Å². The van der Waals surface area contributed by atoms with Gasteiger partial charge in [0, 0.05) is 13.1 Å². The maximum absolute atomic E-state index is 11.6. The number of hydrogen-bond acceptors (Lipinski definition) is 3. The van der Waals surface area contributed by atoms with Crippen LogP contribution in [-0.4, -0.2) is 36.2 Å². The minimum Gasteiger partial charge on any atom is -0.481 e. The van der Waals surface area contributed by atoms with Gasteiger partial charge in [0.1, 0.15) is 0 Å². The summed E-state index contributed by atoms with van der Waals surface area (Å²) < 4.78 is 0. The summed E-state index contributed by atoms with van der Waals surface area (Å²) in [5.74, 6) is -0.709. The van der Waals surface area contributed by atoms with Crippen molar-refractivity contribution in [3.63, 3.8) is 0 Å². The summed E-state index contributed by atoms with van der Waals surface area (Å²) in [4.78, 5) is 11.6. The van der Waals surface area contributed by atoms with Crippen molar-refractivity contribution in [3.8, 4) is 0 Å². The molecule has 1 aliphatic rings. The standard InChI is InChI=1S/C13H18N2O2/c1-14-15-9-7-13(8-10-15,12(16)17)11-5-3-2-4-6-11/h2-6,14H,7-10H2,1H3,(H,16,17). The second kappa shape index (κ2) is 4.85. The van der Waals surface area contributed by atoms with E-state index < -0.39 is 11.4 Å². The van der Waals surface area contributed by atoms with Crippen LogP contribution in [0.25, 0.3) is 0 Å². The lowest BCUT2D eigenvalue weighted by Crippen LogP contribution is -2.50. The lowest BCUT2D eigenvalue weighted by Gasteiger charge is -2.38. The molecule has 0 aliphatic carbocycles. The van der Waals surface area contributed by atoms with Gasteiger partial charge in [-0.3, -0.25) is 10.2 Å². The van der Waals surface area contributed by atoms with E-state index in [4.69, 9.17) is 0 Å². The molecule has 0 amide bonds. The molecule has 4 nitrogen and oxygen atoms in total. The molecule has 0 radical (unpaired) electrons. The molecule has 92 valence electrons. The normalized spacial score (nSPS) is 20.1. The highest BCUT2D eigenvalue weighted by molar-refractivity contribution is 5.81. The summed E-state index contributed by atoms with van der Waals surface area (Å²) in [5, 5.41) is 11.6. The fraction of sp³-hybridized carbons (Fsp3) is 0.462. The van der Waals surface area contributed by atoms with Gasteiger partial charge in [-0.25, -0.2) is 5.01 Å². The third-order valence-electron chi connectivity index (χ3n) is 3.67. The van der Waals surface area contributed by atoms with Gasteiger partial charge in [-0.15, -0.1) is 0 Å². The zero-order valence-corrected chi connectivity index (χ0v) is 10.0. The van der Waals surface area contributed by atoms with Gasteiger partial charge in [0.2, 0.25) is 0 Å². The van der Waals surface area contributed by atoms with Gasteiger partial charge in [-0.2, -0.15) is 0 Å². The first kappa shape index (κ1) is 12.1. The van der Waals surface area contributed by atoms with E-state index in [2.05, 4.69) is 10.4 Å². The first-order valence-corrected chi connectivity index (χ1v) is 5.90. The van der Waals surface area contributed by atoms with E-state index in [1.807, 2.05) is 37.4 Å². The molecule has 1 aromatic carbocycles. The van der Waals surface area contributed by atoms with Gasteiger partial charge in [0.25, 0.3) is 0 Å². The van der Waals surface area contributed by atoms with Crippen molar-refractivity contribution in [2.24, 2.45) is 0 Å². The number of benzene rings is 1. The zero-order valence-electron chi connectivity index (χ0n) is 10.0. The van der Waals surface area contributed by atoms with Gasteiger partial charge in [0.05, 0.1) is 5.41 Å². The first-order valence-electron chi connectivity index (χ1n) is 5.90. The highest BCUT2D eigenvalue weighted by atomic mass is 16.4. The highest BCUT2D eigenvalue weighted by Crippen LogP contribution is 2.35. The molecule has 0 atom stereocenters. The number of carboxylic acid groups (broad SMARTS) is 1. The quantitative estimate of drug-likeness (QED) is 0.826. The number of hydrogen-bond donors (Lipinski definition) is 2. The van der Waals surface area contributed by atoms with E-state index in [1.165, 1.54) is 0 Å². The Labute approximate surface area is 101 Å². The Balaban J connectivity index is 2.27. The monoisotopic (exact) mass is 234 g/mol. The molecule has 0 saturated carbocycles. The molecule has 0 bridgehead atoms. The fourth-order valence-electron chi connectivity index (χ4n) is 2.50. The van der Waals surface area contributed by atoms with Crippen LogP contribution < -0.4 is 5.43 Å². The molecular weight excluding hydrogens is 216 g/mol. The first-order chi connectivity index (χ1) is 8.19. The van der Waals surface area contributed by atoms with Crippen LogP contribution in [0.3, 0.4) is 0 Å². The Morgan fingerprint density at radius 1 is 1.29 bits per heavy atom. The van der Waals surface area contributed by atoms with E-state index in [0.29, 0.717) is 12.8 Å². The summed E-state index contributed by atoms with van der Waals surface area (Å²) in [6, 6.07) is 9.57. The Hall–Kier alpha value is -1.39. The summed E-state index contributed by atoms with van der Waals surface area (Å²) in [5.41, 5.74) is 3.28. The number of nitrogens with zero attached hydrogens (tertiary/aromatic N) is 1. The summed E-state index contributed by atoms with van der Waals surface area (Å²) in [7, 11) is 1.87. The fourth-order valence-corrected chi connectivity index (χ4v) is 2.50. The van der Waals surface area contributed by atoms with E-state index in [0.717, 1.165) is 18.7 Å². The second-order valence-corrected chi connectivity index (χ2v) is 4.46. The Bertz CT molecular complexity index is 384. The van der Waals surface area contributed by atoms with Crippen LogP contribution in [0.5, 0.6) is 0 Å². The Kier molecular flexibility index (Phi) is 3.45. The number of hydrazine groups is 1. The molecule has 2 N–H and O–H groups in total. The topological polar surface area (TPSA) is 52.6 Å². The maximum atomic E-state index is 11.6. The van der Waals surface area contributed by atoms with Gasteiger partial charge in [-0.05, 0) is 25.5 Å². The number of nitrogens with one attached hydrogen (secondary N) is 1. The van der Waals surface area contributed by atoms with Gasteiger partial charge in [-0.1, -0.05) is 30.3 Å². The zero-order chi connectivity index (χ0) is 12.3. The lowest BCUT2D eigenvalue weighted by molar-refractivity contribution is -0.146. The van der Waals surface area contributed by atoms with Gasteiger partial charge < -0.3 is 5.11 Å². The molecule has 1 aromatic rings. The van der Waals surface area contributed by atoms with Gasteiger partial charge in [0.15, 0.2) is 0 Å². The number of carboxylic acids is 1. The van der Waals surface area contributed by atoms with Crippen LogP contribution in [0.2, 0.25) is 0 Å². The molecule has 0 spiro atoms. The summed E-state index contributed by atoms with van der Waals surface area (Å²) in [6.45, 7) is 1.52.